The number of halogens is 1. The quantitative estimate of drug-likeness (QED) is 0.785. The average molecular weight is 242 g/mol. The Morgan fingerprint density at radius 2 is 1.89 bits per heavy atom. The summed E-state index contributed by atoms with van der Waals surface area (Å²) in [6.07, 6.45) is 0. The zero-order valence-corrected chi connectivity index (χ0v) is 9.73. The van der Waals surface area contributed by atoms with E-state index in [0.717, 1.165) is 11.1 Å². The molecule has 90 valence electrons. The molecule has 4 heteroatoms. The smallest absolute Gasteiger partial charge is 0.146 e. The van der Waals surface area contributed by atoms with Crippen LogP contribution in [0.3, 0.4) is 0 Å². The van der Waals surface area contributed by atoms with Crippen LogP contribution >= 0.6 is 0 Å². The SMILES string of the molecule is N#Cc1cccc([C@H]([NH3+])c2ccc(F)c(N)c2)c1. The van der Waals surface area contributed by atoms with Gasteiger partial charge in [-0.15, -0.1) is 0 Å². The van der Waals surface area contributed by atoms with Crippen LogP contribution in [0.15, 0.2) is 42.5 Å². The first-order valence-electron chi connectivity index (χ1n) is 5.50. The van der Waals surface area contributed by atoms with Crippen molar-refractivity contribution in [3.63, 3.8) is 0 Å². The lowest BCUT2D eigenvalue weighted by Gasteiger charge is -2.10. The fourth-order valence-electron chi connectivity index (χ4n) is 1.80. The highest BCUT2D eigenvalue weighted by Crippen LogP contribution is 2.22. The third-order valence-corrected chi connectivity index (χ3v) is 2.84. The summed E-state index contributed by atoms with van der Waals surface area (Å²) in [6, 6.07) is 13.7. The second kappa shape index (κ2) is 4.86. The topological polar surface area (TPSA) is 77.5 Å². The molecule has 3 nitrogen and oxygen atoms in total. The van der Waals surface area contributed by atoms with Crippen molar-refractivity contribution in [3.8, 4) is 6.07 Å². The Morgan fingerprint density at radius 1 is 1.17 bits per heavy atom. The second-order valence-corrected chi connectivity index (χ2v) is 4.07. The van der Waals surface area contributed by atoms with Gasteiger partial charge >= 0.3 is 0 Å². The second-order valence-electron chi connectivity index (χ2n) is 4.07. The molecule has 0 aliphatic rings. The molecule has 2 aromatic carbocycles. The van der Waals surface area contributed by atoms with Gasteiger partial charge in [0.1, 0.15) is 11.9 Å². The number of anilines is 1. The summed E-state index contributed by atoms with van der Waals surface area (Å²) < 4.78 is 13.1. The Kier molecular flexibility index (Phi) is 3.26. The molecule has 0 aliphatic carbocycles. The van der Waals surface area contributed by atoms with Gasteiger partial charge in [0.05, 0.1) is 17.3 Å². The van der Waals surface area contributed by atoms with Gasteiger partial charge in [0.25, 0.3) is 0 Å². The van der Waals surface area contributed by atoms with E-state index in [1.807, 2.05) is 6.07 Å². The Labute approximate surface area is 104 Å². The molecule has 0 bridgehead atoms. The third-order valence-electron chi connectivity index (χ3n) is 2.84. The van der Waals surface area contributed by atoms with Crippen molar-refractivity contribution >= 4 is 5.69 Å². The number of nitrogens with zero attached hydrogens (tertiary/aromatic N) is 1. The standard InChI is InChI=1S/C14H12FN3/c15-12-5-4-11(7-13(12)17)14(18)10-3-1-2-9(6-10)8-16/h1-7,14H,17-18H2/p+1/t14-/m0/s1. The number of hydrogen-bond donors (Lipinski definition) is 2. The van der Waals surface area contributed by atoms with Gasteiger partial charge in [0, 0.05) is 11.1 Å². The molecule has 0 spiro atoms. The molecule has 18 heavy (non-hydrogen) atoms. The first-order chi connectivity index (χ1) is 8.61. The first-order valence-corrected chi connectivity index (χ1v) is 5.50. The maximum absolute atomic E-state index is 13.1. The molecule has 0 saturated heterocycles. The van der Waals surface area contributed by atoms with E-state index < -0.39 is 5.82 Å². The molecule has 2 rings (SSSR count). The Balaban J connectivity index is 2.38. The molecule has 0 aromatic heterocycles. The number of nitrogens with two attached hydrogens (primary N) is 1. The van der Waals surface area contributed by atoms with Crippen LogP contribution in [-0.4, -0.2) is 0 Å². The Hall–Kier alpha value is -2.38. The number of nitriles is 1. The van der Waals surface area contributed by atoms with Crippen LogP contribution in [0.25, 0.3) is 0 Å². The lowest BCUT2D eigenvalue weighted by molar-refractivity contribution is -0.411. The summed E-state index contributed by atoms with van der Waals surface area (Å²) in [7, 11) is 0. The zero-order chi connectivity index (χ0) is 13.1. The van der Waals surface area contributed by atoms with E-state index in [0.29, 0.717) is 5.56 Å². The van der Waals surface area contributed by atoms with Crippen molar-refractivity contribution in [2.45, 2.75) is 6.04 Å². The molecular weight excluding hydrogens is 229 g/mol. The fraction of sp³-hybridized carbons (Fsp3) is 0.0714. The Bertz CT molecular complexity index is 617. The van der Waals surface area contributed by atoms with E-state index in [2.05, 4.69) is 11.8 Å². The first kappa shape index (κ1) is 12.1. The predicted molar refractivity (Wildman–Crippen MR) is 66.7 cm³/mol. The van der Waals surface area contributed by atoms with Crippen LogP contribution in [0.4, 0.5) is 10.1 Å². The van der Waals surface area contributed by atoms with E-state index in [1.54, 1.807) is 30.3 Å². The monoisotopic (exact) mass is 242 g/mol. The minimum atomic E-state index is -0.434. The van der Waals surface area contributed by atoms with Crippen molar-refractivity contribution in [2.75, 3.05) is 5.73 Å². The highest BCUT2D eigenvalue weighted by molar-refractivity contribution is 5.45. The average Bonchev–Trinajstić information content (AvgIpc) is 2.41. The van der Waals surface area contributed by atoms with Crippen LogP contribution in [-0.2, 0) is 0 Å². The molecule has 0 amide bonds. The van der Waals surface area contributed by atoms with E-state index in [9.17, 15) is 4.39 Å². The van der Waals surface area contributed by atoms with Crippen molar-refractivity contribution in [2.24, 2.45) is 0 Å². The minimum absolute atomic E-state index is 0.109. The van der Waals surface area contributed by atoms with Gasteiger partial charge in [-0.25, -0.2) is 4.39 Å². The lowest BCUT2D eigenvalue weighted by atomic mass is 9.98. The van der Waals surface area contributed by atoms with Crippen molar-refractivity contribution in [1.29, 1.82) is 5.26 Å². The number of nitrogen functional groups attached to an aromatic ring is 1. The predicted octanol–water partition coefficient (Wildman–Crippen LogP) is 1.61. The molecule has 5 N–H and O–H groups in total. The maximum Gasteiger partial charge on any atom is 0.146 e. The van der Waals surface area contributed by atoms with Crippen molar-refractivity contribution in [3.05, 3.63) is 65.0 Å². The van der Waals surface area contributed by atoms with Gasteiger partial charge in [-0.05, 0) is 30.3 Å². The molecule has 0 saturated carbocycles. The Morgan fingerprint density at radius 3 is 2.56 bits per heavy atom. The summed E-state index contributed by atoms with van der Waals surface area (Å²) in [5, 5.41) is 8.85. The lowest BCUT2D eigenvalue weighted by Crippen LogP contribution is -2.54. The number of quaternary nitrogens is 1. The van der Waals surface area contributed by atoms with E-state index >= 15 is 0 Å². The van der Waals surface area contributed by atoms with Crippen LogP contribution in [0.2, 0.25) is 0 Å². The highest BCUT2D eigenvalue weighted by Gasteiger charge is 2.14. The van der Waals surface area contributed by atoms with E-state index in [4.69, 9.17) is 11.0 Å². The summed E-state index contributed by atoms with van der Waals surface area (Å²) in [4.78, 5) is 0. The van der Waals surface area contributed by atoms with Gasteiger partial charge < -0.3 is 11.5 Å². The van der Waals surface area contributed by atoms with Gasteiger partial charge in [-0.2, -0.15) is 5.26 Å². The summed E-state index contributed by atoms with van der Waals surface area (Å²) >= 11 is 0. The van der Waals surface area contributed by atoms with Crippen molar-refractivity contribution < 1.29 is 10.1 Å². The van der Waals surface area contributed by atoms with Gasteiger partial charge in [-0.1, -0.05) is 12.1 Å². The number of hydrogen-bond acceptors (Lipinski definition) is 2. The maximum atomic E-state index is 13.1. The number of benzene rings is 2. The van der Waals surface area contributed by atoms with Gasteiger partial charge in [-0.3, -0.25) is 0 Å². The molecular formula is C14H13FN3+. The third kappa shape index (κ3) is 2.31. The molecule has 0 fully saturated rings. The summed E-state index contributed by atoms with van der Waals surface area (Å²) in [5.74, 6) is -0.434. The van der Waals surface area contributed by atoms with Crippen LogP contribution in [0.1, 0.15) is 22.7 Å². The summed E-state index contributed by atoms with van der Waals surface area (Å²) in [5.41, 5.74) is 12.0. The van der Waals surface area contributed by atoms with Gasteiger partial charge in [0.2, 0.25) is 0 Å². The normalized spacial score (nSPS) is 11.8. The highest BCUT2D eigenvalue weighted by atomic mass is 19.1. The molecule has 0 heterocycles. The van der Waals surface area contributed by atoms with Crippen LogP contribution in [0, 0.1) is 17.1 Å². The number of rotatable bonds is 2. The van der Waals surface area contributed by atoms with E-state index in [-0.39, 0.29) is 11.7 Å². The van der Waals surface area contributed by atoms with Crippen molar-refractivity contribution in [1.82, 2.24) is 0 Å². The molecule has 0 unspecified atom stereocenters. The van der Waals surface area contributed by atoms with E-state index in [1.165, 1.54) is 6.07 Å². The summed E-state index contributed by atoms with van der Waals surface area (Å²) in [6.45, 7) is 0. The van der Waals surface area contributed by atoms with Crippen LogP contribution < -0.4 is 11.5 Å². The molecule has 1 atom stereocenters. The largest absolute Gasteiger partial charge is 0.396 e. The molecule has 2 aromatic rings. The fourth-order valence-corrected chi connectivity index (χ4v) is 1.80. The minimum Gasteiger partial charge on any atom is -0.396 e. The molecule has 0 aliphatic heterocycles. The molecule has 0 radical (unpaired) electrons. The zero-order valence-electron chi connectivity index (χ0n) is 9.73. The van der Waals surface area contributed by atoms with Crippen LogP contribution in [0.5, 0.6) is 0 Å². The van der Waals surface area contributed by atoms with Gasteiger partial charge in [0.15, 0.2) is 0 Å².